The van der Waals surface area contributed by atoms with Crippen molar-refractivity contribution in [2.75, 3.05) is 11.9 Å². The monoisotopic (exact) mass is 310 g/mol. The molecule has 3 rings (SSSR count). The molecule has 7 nitrogen and oxygen atoms in total. The van der Waals surface area contributed by atoms with Gasteiger partial charge in [0, 0.05) is 19.0 Å². The Kier molecular flexibility index (Phi) is 4.20. The zero-order valence-electron chi connectivity index (χ0n) is 12.7. The molecule has 118 valence electrons. The SMILES string of the molecule is Cn1ncc2cc(NC(=O)N[C@H](CN)c3ccccc3)ncc21. The number of hydrogen-bond acceptors (Lipinski definition) is 4. The number of benzene rings is 1. The predicted molar refractivity (Wildman–Crippen MR) is 88.9 cm³/mol. The van der Waals surface area contributed by atoms with Crippen LogP contribution in [0.3, 0.4) is 0 Å². The fourth-order valence-corrected chi connectivity index (χ4v) is 2.39. The topological polar surface area (TPSA) is 97.9 Å². The highest BCUT2D eigenvalue weighted by molar-refractivity contribution is 5.91. The number of carbonyl (C=O) groups excluding carboxylic acids is 1. The van der Waals surface area contributed by atoms with Gasteiger partial charge in [0.05, 0.1) is 24.0 Å². The zero-order chi connectivity index (χ0) is 16.2. The van der Waals surface area contributed by atoms with Crippen LogP contribution in [-0.4, -0.2) is 27.3 Å². The standard InChI is InChI=1S/C16H18N6O/c1-22-14-10-18-15(7-12(14)9-19-22)21-16(23)20-13(8-17)11-5-3-2-4-6-11/h2-7,9-10,13H,8,17H2,1H3,(H2,18,20,21,23)/t13-/m1/s1. The van der Waals surface area contributed by atoms with Gasteiger partial charge in [-0.3, -0.25) is 10.00 Å². The second kappa shape index (κ2) is 6.45. The van der Waals surface area contributed by atoms with Gasteiger partial charge in [-0.25, -0.2) is 9.78 Å². The summed E-state index contributed by atoms with van der Waals surface area (Å²) >= 11 is 0. The van der Waals surface area contributed by atoms with Gasteiger partial charge in [0.2, 0.25) is 0 Å². The molecule has 1 atom stereocenters. The number of fused-ring (bicyclic) bond motifs is 1. The molecule has 2 heterocycles. The number of carbonyl (C=O) groups is 1. The molecule has 0 spiro atoms. The maximum absolute atomic E-state index is 12.2. The van der Waals surface area contributed by atoms with Crippen LogP contribution in [0.1, 0.15) is 11.6 Å². The Balaban J connectivity index is 1.70. The maximum Gasteiger partial charge on any atom is 0.320 e. The second-order valence-electron chi connectivity index (χ2n) is 5.19. The van der Waals surface area contributed by atoms with Crippen molar-refractivity contribution in [2.45, 2.75) is 6.04 Å². The Morgan fingerprint density at radius 2 is 2.09 bits per heavy atom. The first kappa shape index (κ1) is 15.0. The summed E-state index contributed by atoms with van der Waals surface area (Å²) in [5.41, 5.74) is 7.62. The van der Waals surface area contributed by atoms with Crippen molar-refractivity contribution < 1.29 is 4.79 Å². The molecule has 0 aliphatic heterocycles. The molecule has 2 amide bonds. The second-order valence-corrected chi connectivity index (χ2v) is 5.19. The summed E-state index contributed by atoms with van der Waals surface area (Å²) in [5, 5.41) is 10.6. The van der Waals surface area contributed by atoms with Crippen molar-refractivity contribution in [3.63, 3.8) is 0 Å². The molecule has 0 unspecified atom stereocenters. The van der Waals surface area contributed by atoms with Gasteiger partial charge in [-0.05, 0) is 11.6 Å². The number of anilines is 1. The summed E-state index contributed by atoms with van der Waals surface area (Å²) in [6, 6.07) is 10.8. The molecule has 23 heavy (non-hydrogen) atoms. The number of nitrogens with two attached hydrogens (primary N) is 1. The van der Waals surface area contributed by atoms with Gasteiger partial charge in [-0.1, -0.05) is 30.3 Å². The number of rotatable bonds is 4. The van der Waals surface area contributed by atoms with Crippen LogP contribution < -0.4 is 16.4 Å². The molecule has 3 aromatic rings. The van der Waals surface area contributed by atoms with Crippen molar-refractivity contribution in [1.29, 1.82) is 0 Å². The van der Waals surface area contributed by atoms with Crippen LogP contribution in [0.5, 0.6) is 0 Å². The lowest BCUT2D eigenvalue weighted by molar-refractivity contribution is 0.248. The molecule has 1 aromatic carbocycles. The molecule has 0 bridgehead atoms. The first-order valence-corrected chi connectivity index (χ1v) is 7.27. The van der Waals surface area contributed by atoms with E-state index in [1.54, 1.807) is 23.1 Å². The first-order valence-electron chi connectivity index (χ1n) is 7.27. The summed E-state index contributed by atoms with van der Waals surface area (Å²) < 4.78 is 1.73. The summed E-state index contributed by atoms with van der Waals surface area (Å²) in [6.45, 7) is 0.312. The quantitative estimate of drug-likeness (QED) is 0.684. The number of aryl methyl sites for hydroxylation is 1. The molecule has 7 heteroatoms. The van der Waals surface area contributed by atoms with Gasteiger partial charge < -0.3 is 11.1 Å². The minimum atomic E-state index is -0.347. The van der Waals surface area contributed by atoms with Crippen LogP contribution in [0, 0.1) is 0 Å². The Hall–Kier alpha value is -2.93. The largest absolute Gasteiger partial charge is 0.330 e. The lowest BCUT2D eigenvalue weighted by Gasteiger charge is -2.17. The summed E-state index contributed by atoms with van der Waals surface area (Å²) in [4.78, 5) is 16.4. The van der Waals surface area contributed by atoms with Crippen LogP contribution in [0.25, 0.3) is 10.9 Å². The molecule has 0 saturated carbocycles. The molecule has 0 saturated heterocycles. The summed E-state index contributed by atoms with van der Waals surface area (Å²) in [6.07, 6.45) is 3.41. The minimum Gasteiger partial charge on any atom is -0.330 e. The van der Waals surface area contributed by atoms with Crippen molar-refractivity contribution in [2.24, 2.45) is 12.8 Å². The Bertz CT molecular complexity index is 814. The van der Waals surface area contributed by atoms with Crippen molar-refractivity contribution in [3.8, 4) is 0 Å². The van der Waals surface area contributed by atoms with E-state index >= 15 is 0 Å². The van der Waals surface area contributed by atoms with Crippen molar-refractivity contribution >= 4 is 22.8 Å². The third kappa shape index (κ3) is 3.29. The number of hydrogen-bond donors (Lipinski definition) is 3. The fraction of sp³-hybridized carbons (Fsp3) is 0.188. The lowest BCUT2D eigenvalue weighted by atomic mass is 10.1. The van der Waals surface area contributed by atoms with Gasteiger partial charge in [0.15, 0.2) is 0 Å². The maximum atomic E-state index is 12.2. The first-order chi connectivity index (χ1) is 11.2. The van der Waals surface area contributed by atoms with E-state index < -0.39 is 0 Å². The molecular formula is C16H18N6O. The number of amides is 2. The number of nitrogens with zero attached hydrogens (tertiary/aromatic N) is 3. The Labute approximate surface area is 133 Å². The molecular weight excluding hydrogens is 292 g/mol. The minimum absolute atomic E-state index is 0.252. The Morgan fingerprint density at radius 1 is 1.30 bits per heavy atom. The highest BCUT2D eigenvalue weighted by Crippen LogP contribution is 2.16. The van der Waals surface area contributed by atoms with E-state index in [4.69, 9.17) is 5.73 Å². The summed E-state index contributed by atoms with van der Waals surface area (Å²) in [7, 11) is 1.84. The molecule has 4 N–H and O–H groups in total. The number of urea groups is 1. The van der Waals surface area contributed by atoms with Gasteiger partial charge in [0.25, 0.3) is 0 Å². The van der Waals surface area contributed by atoms with Crippen molar-refractivity contribution in [1.82, 2.24) is 20.1 Å². The van der Waals surface area contributed by atoms with E-state index in [1.807, 2.05) is 37.4 Å². The molecule has 0 radical (unpaired) electrons. The third-order valence-electron chi connectivity index (χ3n) is 3.62. The van der Waals surface area contributed by atoms with Crippen LogP contribution in [-0.2, 0) is 7.05 Å². The highest BCUT2D eigenvalue weighted by Gasteiger charge is 2.13. The third-order valence-corrected chi connectivity index (χ3v) is 3.62. The Morgan fingerprint density at radius 3 is 2.83 bits per heavy atom. The zero-order valence-corrected chi connectivity index (χ0v) is 12.7. The average molecular weight is 310 g/mol. The van der Waals surface area contributed by atoms with Crippen LogP contribution >= 0.6 is 0 Å². The highest BCUT2D eigenvalue weighted by atomic mass is 16.2. The molecule has 2 aromatic heterocycles. The van der Waals surface area contributed by atoms with Gasteiger partial charge in [0.1, 0.15) is 5.82 Å². The van der Waals surface area contributed by atoms with E-state index in [2.05, 4.69) is 20.7 Å². The normalized spacial score (nSPS) is 12.1. The smallest absolute Gasteiger partial charge is 0.320 e. The molecule has 0 fully saturated rings. The van der Waals surface area contributed by atoms with Gasteiger partial charge in [-0.15, -0.1) is 0 Å². The number of nitrogens with one attached hydrogen (secondary N) is 2. The number of aromatic nitrogens is 3. The van der Waals surface area contributed by atoms with Crippen LogP contribution in [0.4, 0.5) is 10.6 Å². The molecule has 0 aliphatic carbocycles. The van der Waals surface area contributed by atoms with E-state index in [-0.39, 0.29) is 12.1 Å². The summed E-state index contributed by atoms with van der Waals surface area (Å²) in [5.74, 6) is 0.465. The van der Waals surface area contributed by atoms with E-state index in [1.165, 1.54) is 0 Å². The van der Waals surface area contributed by atoms with Crippen LogP contribution in [0.2, 0.25) is 0 Å². The lowest BCUT2D eigenvalue weighted by Crippen LogP contribution is -2.36. The van der Waals surface area contributed by atoms with Gasteiger partial charge in [-0.2, -0.15) is 5.10 Å². The van der Waals surface area contributed by atoms with Gasteiger partial charge >= 0.3 is 6.03 Å². The van der Waals surface area contributed by atoms with E-state index in [9.17, 15) is 4.79 Å². The van der Waals surface area contributed by atoms with E-state index in [0.717, 1.165) is 16.5 Å². The van der Waals surface area contributed by atoms with Crippen molar-refractivity contribution in [3.05, 3.63) is 54.4 Å². The fourth-order valence-electron chi connectivity index (χ4n) is 2.39. The predicted octanol–water partition coefficient (Wildman–Crippen LogP) is 1.79. The van der Waals surface area contributed by atoms with E-state index in [0.29, 0.717) is 12.4 Å². The number of pyridine rings is 1. The average Bonchev–Trinajstić information content (AvgIpc) is 2.94. The molecule has 0 aliphatic rings. The van der Waals surface area contributed by atoms with Crippen LogP contribution in [0.15, 0.2) is 48.8 Å².